The Kier molecular flexibility index (Phi) is 2.56. The maximum absolute atomic E-state index is 10.2. The van der Waals surface area contributed by atoms with Gasteiger partial charge in [0.05, 0.1) is 18.6 Å². The van der Waals surface area contributed by atoms with Gasteiger partial charge in [-0.1, -0.05) is 5.10 Å². The summed E-state index contributed by atoms with van der Waals surface area (Å²) in [6.07, 6.45) is -1.21. The van der Waals surface area contributed by atoms with Crippen molar-refractivity contribution in [2.75, 3.05) is 0 Å². The van der Waals surface area contributed by atoms with E-state index in [-0.39, 0.29) is 17.9 Å². The summed E-state index contributed by atoms with van der Waals surface area (Å²) >= 11 is 0. The van der Waals surface area contributed by atoms with E-state index in [1.165, 1.54) is 0 Å². The average Bonchev–Trinajstić information content (AvgIpc) is 2.52. The quantitative estimate of drug-likeness (QED) is 0.513. The lowest BCUT2D eigenvalue weighted by atomic mass is 10.2. The fourth-order valence-electron chi connectivity index (χ4n) is 0.782. The van der Waals surface area contributed by atoms with Crippen molar-refractivity contribution in [2.45, 2.75) is 12.5 Å². The Morgan fingerprint density at radius 3 is 3.08 bits per heavy atom. The number of nitrogens with zero attached hydrogens (tertiary/aromatic N) is 3. The molecule has 1 heterocycles. The first-order chi connectivity index (χ1) is 6.15. The average molecular weight is 182 g/mol. The van der Waals surface area contributed by atoms with Crippen LogP contribution in [0.15, 0.2) is 6.07 Å². The molecular weight excluding hydrogens is 176 g/mol. The maximum Gasteiger partial charge on any atom is 0.342 e. The number of nitriles is 1. The molecular formula is C6H6N4O3. The molecule has 13 heavy (non-hydrogen) atoms. The van der Waals surface area contributed by atoms with Crippen molar-refractivity contribution >= 4 is 5.82 Å². The Morgan fingerprint density at radius 1 is 1.92 bits per heavy atom. The number of nitro groups is 1. The van der Waals surface area contributed by atoms with E-state index in [0.29, 0.717) is 0 Å². The predicted octanol–water partition coefficient (Wildman–Crippen LogP) is 0.265. The summed E-state index contributed by atoms with van der Waals surface area (Å²) in [4.78, 5) is 9.53. The van der Waals surface area contributed by atoms with Crippen molar-refractivity contribution < 1.29 is 10.0 Å². The van der Waals surface area contributed by atoms with Crippen LogP contribution >= 0.6 is 0 Å². The number of aliphatic hydroxyl groups is 1. The van der Waals surface area contributed by atoms with Crippen LogP contribution in [0.2, 0.25) is 0 Å². The van der Waals surface area contributed by atoms with Crippen molar-refractivity contribution in [1.29, 1.82) is 5.26 Å². The van der Waals surface area contributed by atoms with Crippen molar-refractivity contribution in [3.63, 3.8) is 0 Å². The zero-order valence-electron chi connectivity index (χ0n) is 6.47. The van der Waals surface area contributed by atoms with Crippen LogP contribution in [0.25, 0.3) is 0 Å². The van der Waals surface area contributed by atoms with E-state index in [1.54, 1.807) is 6.07 Å². The molecule has 0 amide bonds. The van der Waals surface area contributed by atoms with Crippen LogP contribution in [0.3, 0.4) is 0 Å². The molecule has 0 spiro atoms. The van der Waals surface area contributed by atoms with Crippen molar-refractivity contribution in [3.8, 4) is 6.07 Å². The molecule has 1 rings (SSSR count). The van der Waals surface area contributed by atoms with Gasteiger partial charge in [-0.25, -0.2) is 0 Å². The molecule has 0 aromatic carbocycles. The molecule has 0 fully saturated rings. The topological polar surface area (TPSA) is 116 Å². The van der Waals surface area contributed by atoms with Gasteiger partial charge in [-0.2, -0.15) is 5.26 Å². The number of H-pyrrole nitrogens is 1. The van der Waals surface area contributed by atoms with Gasteiger partial charge >= 0.3 is 5.82 Å². The largest absolute Gasteiger partial charge is 0.386 e. The molecule has 0 aliphatic carbocycles. The molecule has 68 valence electrons. The molecule has 1 atom stereocenters. The first-order valence-corrected chi connectivity index (χ1v) is 3.40. The standard InChI is InChI=1S/C6H6N4O3/c7-2-1-5(11)4-3-6(9-8-4)10(12)13/h3,5,11H,1H2,(H,8,9). The monoisotopic (exact) mass is 182 g/mol. The highest BCUT2D eigenvalue weighted by molar-refractivity contribution is 5.22. The van der Waals surface area contributed by atoms with Crippen LogP contribution in [-0.2, 0) is 0 Å². The smallest absolute Gasteiger partial charge is 0.342 e. The lowest BCUT2D eigenvalue weighted by Gasteiger charge is -1.97. The van der Waals surface area contributed by atoms with E-state index >= 15 is 0 Å². The van der Waals surface area contributed by atoms with Gasteiger partial charge in [-0.3, -0.25) is 0 Å². The number of nitrogens with one attached hydrogen (secondary N) is 1. The van der Waals surface area contributed by atoms with Crippen LogP contribution in [0.5, 0.6) is 0 Å². The highest BCUT2D eigenvalue weighted by Gasteiger charge is 2.16. The van der Waals surface area contributed by atoms with Crippen molar-refractivity contribution in [3.05, 3.63) is 21.9 Å². The minimum Gasteiger partial charge on any atom is -0.386 e. The molecule has 2 N–H and O–H groups in total. The lowest BCUT2D eigenvalue weighted by Crippen LogP contribution is -1.95. The SMILES string of the molecule is N#CCC(O)c1cc([N+](=O)[O-])[nH]n1. The molecule has 0 aliphatic heterocycles. The predicted molar refractivity (Wildman–Crippen MR) is 40.4 cm³/mol. The molecule has 0 radical (unpaired) electrons. The molecule has 1 aromatic rings. The molecule has 7 heteroatoms. The van der Waals surface area contributed by atoms with Crippen LogP contribution in [0, 0.1) is 21.4 Å². The molecule has 1 aromatic heterocycles. The fraction of sp³-hybridized carbons (Fsp3) is 0.333. The first kappa shape index (κ1) is 9.15. The third-order valence-corrected chi connectivity index (χ3v) is 1.41. The van der Waals surface area contributed by atoms with Gasteiger partial charge in [0.1, 0.15) is 11.8 Å². The Morgan fingerprint density at radius 2 is 2.62 bits per heavy atom. The molecule has 1 unspecified atom stereocenters. The maximum atomic E-state index is 10.2. The molecule has 7 nitrogen and oxygen atoms in total. The van der Waals surface area contributed by atoms with Gasteiger partial charge in [0.25, 0.3) is 0 Å². The van der Waals surface area contributed by atoms with Crippen LogP contribution < -0.4 is 0 Å². The fourth-order valence-corrected chi connectivity index (χ4v) is 0.782. The molecule has 0 saturated heterocycles. The Balaban J connectivity index is 2.80. The second-order valence-corrected chi connectivity index (χ2v) is 2.31. The number of aromatic nitrogens is 2. The Hall–Kier alpha value is -1.94. The Labute approximate surface area is 72.8 Å². The highest BCUT2D eigenvalue weighted by Crippen LogP contribution is 2.17. The molecule has 0 bridgehead atoms. The van der Waals surface area contributed by atoms with Gasteiger partial charge in [0, 0.05) is 0 Å². The normalized spacial score (nSPS) is 12.0. The van der Waals surface area contributed by atoms with Gasteiger partial charge < -0.3 is 15.2 Å². The number of hydrogen-bond acceptors (Lipinski definition) is 5. The summed E-state index contributed by atoms with van der Waals surface area (Å²) in [5, 5.41) is 33.2. The zero-order chi connectivity index (χ0) is 9.84. The summed E-state index contributed by atoms with van der Waals surface area (Å²) in [5.74, 6) is -0.299. The minimum atomic E-state index is -1.07. The van der Waals surface area contributed by atoms with E-state index in [9.17, 15) is 15.2 Å². The molecule has 0 saturated carbocycles. The second kappa shape index (κ2) is 3.64. The summed E-state index contributed by atoms with van der Waals surface area (Å²) in [5.41, 5.74) is 0.105. The summed E-state index contributed by atoms with van der Waals surface area (Å²) in [6, 6.07) is 2.83. The van der Waals surface area contributed by atoms with Gasteiger partial charge in [-0.15, -0.1) is 5.10 Å². The van der Waals surface area contributed by atoms with Crippen molar-refractivity contribution in [1.82, 2.24) is 10.2 Å². The number of hydrogen-bond donors (Lipinski definition) is 2. The van der Waals surface area contributed by atoms with Crippen molar-refractivity contribution in [2.24, 2.45) is 0 Å². The number of rotatable bonds is 3. The van der Waals surface area contributed by atoms with E-state index in [0.717, 1.165) is 6.07 Å². The van der Waals surface area contributed by atoms with Crippen LogP contribution in [0.4, 0.5) is 5.82 Å². The summed E-state index contributed by atoms with van der Waals surface area (Å²) < 4.78 is 0. The van der Waals surface area contributed by atoms with Crippen LogP contribution in [0.1, 0.15) is 18.2 Å². The van der Waals surface area contributed by atoms with E-state index in [2.05, 4.69) is 10.2 Å². The van der Waals surface area contributed by atoms with Crippen LogP contribution in [-0.4, -0.2) is 20.2 Å². The summed E-state index contributed by atoms with van der Waals surface area (Å²) in [7, 11) is 0. The highest BCUT2D eigenvalue weighted by atomic mass is 16.6. The number of aromatic amines is 1. The second-order valence-electron chi connectivity index (χ2n) is 2.31. The first-order valence-electron chi connectivity index (χ1n) is 3.40. The molecule has 0 aliphatic rings. The Bertz CT molecular complexity index is 353. The lowest BCUT2D eigenvalue weighted by molar-refractivity contribution is -0.389. The zero-order valence-corrected chi connectivity index (χ0v) is 6.47. The van der Waals surface area contributed by atoms with Gasteiger partial charge in [0.15, 0.2) is 0 Å². The van der Waals surface area contributed by atoms with Gasteiger partial charge in [-0.05, 0) is 4.92 Å². The van der Waals surface area contributed by atoms with E-state index < -0.39 is 11.0 Å². The third kappa shape index (κ3) is 2.00. The minimum absolute atomic E-state index is 0.105. The third-order valence-electron chi connectivity index (χ3n) is 1.41. The van der Waals surface area contributed by atoms with Gasteiger partial charge in [0.2, 0.25) is 0 Å². The van der Waals surface area contributed by atoms with E-state index in [1.807, 2.05) is 0 Å². The van der Waals surface area contributed by atoms with E-state index in [4.69, 9.17) is 5.26 Å². The summed E-state index contributed by atoms with van der Waals surface area (Å²) in [6.45, 7) is 0. The number of aliphatic hydroxyl groups excluding tert-OH is 1.